The van der Waals surface area contributed by atoms with E-state index in [-0.39, 0.29) is 41.4 Å². The first kappa shape index (κ1) is 35.4. The minimum absolute atomic E-state index is 0.104. The predicted molar refractivity (Wildman–Crippen MR) is 225 cm³/mol. The zero-order chi connectivity index (χ0) is 37.4. The highest BCUT2D eigenvalue weighted by Gasteiger charge is 2.56. The number of hydrogen-bond donors (Lipinski definition) is 5. The van der Waals surface area contributed by atoms with E-state index in [2.05, 4.69) is 233 Å². The molecule has 5 N–H and O–H groups in total. The van der Waals surface area contributed by atoms with Gasteiger partial charge in [-0.05, 0) is 89.3 Å². The van der Waals surface area contributed by atoms with E-state index in [1.54, 1.807) is 0 Å². The van der Waals surface area contributed by atoms with Gasteiger partial charge in [-0.1, -0.05) is 118 Å². The summed E-state index contributed by atoms with van der Waals surface area (Å²) in [5.74, 6) is 0.348. The highest BCUT2D eigenvalue weighted by molar-refractivity contribution is 5.77. The van der Waals surface area contributed by atoms with Crippen molar-refractivity contribution in [2.45, 2.75) is 56.8 Å². The molecule has 6 unspecified atom stereocenters. The number of benzene rings is 6. The number of anilines is 6. The summed E-state index contributed by atoms with van der Waals surface area (Å²) >= 11 is 0. The molecule has 0 amide bonds. The molecular weight excluding hydrogens is 677 g/mol. The Labute approximate surface area is 325 Å². The lowest BCUT2D eigenvalue weighted by atomic mass is 9.65. The minimum atomic E-state index is 0.104. The second-order valence-electron chi connectivity index (χ2n) is 16.2. The zero-order valence-electron chi connectivity index (χ0n) is 31.7. The molecule has 0 aromatic heterocycles. The summed E-state index contributed by atoms with van der Waals surface area (Å²) in [6.45, 7) is 7.76. The summed E-state index contributed by atoms with van der Waals surface area (Å²) in [5.41, 5.74) is 28.2. The topological polar surface area (TPSA) is 69.9 Å². The third kappa shape index (κ3) is 7.16. The van der Waals surface area contributed by atoms with Crippen molar-refractivity contribution in [3.63, 3.8) is 0 Å². The van der Waals surface area contributed by atoms with Gasteiger partial charge in [-0.2, -0.15) is 10.7 Å². The van der Waals surface area contributed by atoms with Gasteiger partial charge in [-0.25, -0.2) is 21.7 Å². The Morgan fingerprint density at radius 1 is 0.418 bits per heavy atom. The highest BCUT2D eigenvalue weighted by atomic mass is 15.8. The van der Waals surface area contributed by atoms with E-state index in [1.807, 2.05) is 0 Å². The quantitative estimate of drug-likeness (QED) is 0.101. The maximum absolute atomic E-state index is 3.98. The highest BCUT2D eigenvalue weighted by Crippen LogP contribution is 2.46. The van der Waals surface area contributed by atoms with Crippen molar-refractivity contribution in [2.24, 2.45) is 5.41 Å². The van der Waals surface area contributed by atoms with E-state index in [0.717, 1.165) is 40.7 Å². The summed E-state index contributed by atoms with van der Waals surface area (Å²) in [5, 5.41) is 2.26. The Morgan fingerprint density at radius 3 is 1.04 bits per heavy atom. The van der Waals surface area contributed by atoms with Gasteiger partial charge in [0.25, 0.3) is 0 Å². The molecule has 278 valence electrons. The second kappa shape index (κ2) is 15.1. The third-order valence-electron chi connectivity index (χ3n) is 11.2. The van der Waals surface area contributed by atoms with Crippen molar-refractivity contribution in [3.05, 3.63) is 181 Å². The van der Waals surface area contributed by atoms with Gasteiger partial charge in [-0.15, -0.1) is 0 Å². The average Bonchev–Trinajstić information content (AvgIpc) is 3.86. The van der Waals surface area contributed by atoms with Crippen LogP contribution in [-0.2, 0) is 0 Å². The molecule has 2 saturated heterocycles. The number of nitrogens with zero attached hydrogens (tertiary/aromatic N) is 3. The number of hydrogen-bond acceptors (Lipinski definition) is 8. The van der Waals surface area contributed by atoms with Gasteiger partial charge >= 0.3 is 0 Å². The molecule has 8 heteroatoms. The fraction of sp³-hybridized carbons (Fsp3) is 0.234. The van der Waals surface area contributed by atoms with Crippen molar-refractivity contribution in [1.29, 1.82) is 0 Å². The molecule has 6 atom stereocenters. The molecule has 1 saturated carbocycles. The number of para-hydroxylation sites is 4. The van der Waals surface area contributed by atoms with Crippen molar-refractivity contribution in [3.8, 4) is 0 Å². The number of rotatable bonds is 9. The van der Waals surface area contributed by atoms with Crippen LogP contribution in [-0.4, -0.2) is 35.8 Å². The van der Waals surface area contributed by atoms with Gasteiger partial charge in [0.05, 0.1) is 0 Å². The standard InChI is InChI=1S/C47H50N8/c1-47(2,3)32-53-50-45-41(33-24-28-39(29-25-33)54(35-16-8-4-9-17-35)36-18-10-5-11-19-36)43-44(49-52-48-43)42(46(45)51-53)34-26-30-40(31-27-34)55(37-20-12-6-13-21-37)38-22-14-7-15-23-38/h4-31,41-46,48-52H,32H2,1-3H3. The van der Waals surface area contributed by atoms with Crippen molar-refractivity contribution < 1.29 is 0 Å². The van der Waals surface area contributed by atoms with Crippen molar-refractivity contribution >= 4 is 34.1 Å². The van der Waals surface area contributed by atoms with Gasteiger partial charge in [0, 0.05) is 76.7 Å². The van der Waals surface area contributed by atoms with Gasteiger partial charge in [0.15, 0.2) is 0 Å². The minimum Gasteiger partial charge on any atom is -0.311 e. The SMILES string of the molecule is CC(C)(C)CN1NC2C(N1)C(c1ccc(N(c3ccccc3)c3ccccc3)cc1)C1NNNC1C2c1ccc(N(c2ccccc2)c2ccccc2)cc1. The van der Waals surface area contributed by atoms with Crippen LogP contribution in [0, 0.1) is 5.41 Å². The molecule has 55 heavy (non-hydrogen) atoms. The molecule has 0 radical (unpaired) electrons. The van der Waals surface area contributed by atoms with Gasteiger partial charge in [0.1, 0.15) is 0 Å². The van der Waals surface area contributed by atoms with Crippen molar-refractivity contribution in [2.75, 3.05) is 16.3 Å². The number of nitrogens with one attached hydrogen (secondary N) is 5. The second-order valence-corrected chi connectivity index (χ2v) is 16.2. The van der Waals surface area contributed by atoms with Crippen LogP contribution in [0.25, 0.3) is 0 Å². The summed E-state index contributed by atoms with van der Waals surface area (Å²) < 4.78 is 0. The molecule has 6 aromatic carbocycles. The molecule has 2 aliphatic heterocycles. The first-order chi connectivity index (χ1) is 26.9. The Kier molecular flexibility index (Phi) is 9.70. The fourth-order valence-electron chi connectivity index (χ4n) is 8.91. The van der Waals surface area contributed by atoms with E-state index >= 15 is 0 Å². The van der Waals surface area contributed by atoms with Gasteiger partial charge < -0.3 is 9.80 Å². The molecule has 8 nitrogen and oxygen atoms in total. The first-order valence-corrected chi connectivity index (χ1v) is 19.5. The Hall–Kier alpha value is -5.32. The van der Waals surface area contributed by atoms with E-state index in [0.29, 0.717) is 0 Å². The van der Waals surface area contributed by atoms with Crippen molar-refractivity contribution in [1.82, 2.24) is 32.4 Å². The predicted octanol–water partition coefficient (Wildman–Crippen LogP) is 8.96. The molecule has 3 aliphatic rings. The normalized spacial score (nSPS) is 23.5. The van der Waals surface area contributed by atoms with E-state index < -0.39 is 0 Å². The summed E-state index contributed by atoms with van der Waals surface area (Å²) in [6, 6.07) is 61.4. The summed E-state index contributed by atoms with van der Waals surface area (Å²) in [7, 11) is 0. The third-order valence-corrected chi connectivity index (χ3v) is 11.2. The molecule has 2 heterocycles. The van der Waals surface area contributed by atoms with Crippen LogP contribution in [0.1, 0.15) is 43.7 Å². The van der Waals surface area contributed by atoms with Gasteiger partial charge in [0.2, 0.25) is 0 Å². The maximum Gasteiger partial charge on any atom is 0.0487 e. The van der Waals surface area contributed by atoms with Crippen LogP contribution < -0.4 is 37.0 Å². The lowest BCUT2D eigenvalue weighted by Gasteiger charge is -2.45. The molecule has 9 rings (SSSR count). The Bertz CT molecular complexity index is 1910. The van der Waals surface area contributed by atoms with Crippen LogP contribution in [0.15, 0.2) is 170 Å². The summed E-state index contributed by atoms with van der Waals surface area (Å²) in [6.07, 6.45) is 0. The van der Waals surface area contributed by atoms with Crippen LogP contribution in [0.4, 0.5) is 34.1 Å². The molecule has 0 spiro atoms. The lowest BCUT2D eigenvalue weighted by molar-refractivity contribution is 0.108. The van der Waals surface area contributed by atoms with Crippen LogP contribution in [0.5, 0.6) is 0 Å². The monoisotopic (exact) mass is 726 g/mol. The Morgan fingerprint density at radius 2 is 0.727 bits per heavy atom. The van der Waals surface area contributed by atoms with Crippen LogP contribution in [0.3, 0.4) is 0 Å². The maximum atomic E-state index is 3.98. The smallest absolute Gasteiger partial charge is 0.0487 e. The molecule has 6 aromatic rings. The lowest BCUT2D eigenvalue weighted by Crippen LogP contribution is -2.61. The van der Waals surface area contributed by atoms with Gasteiger partial charge in [-0.3, -0.25) is 0 Å². The van der Waals surface area contributed by atoms with Crippen LogP contribution >= 0.6 is 0 Å². The summed E-state index contributed by atoms with van der Waals surface area (Å²) in [4.78, 5) is 4.65. The molecule has 1 aliphatic carbocycles. The average molecular weight is 727 g/mol. The molecule has 0 bridgehead atoms. The molecule has 3 fully saturated rings. The fourth-order valence-corrected chi connectivity index (χ4v) is 8.91. The zero-order valence-corrected chi connectivity index (χ0v) is 31.7. The van der Waals surface area contributed by atoms with E-state index in [4.69, 9.17) is 0 Å². The largest absolute Gasteiger partial charge is 0.311 e. The number of fused-ring (bicyclic) bond motifs is 2. The van der Waals surface area contributed by atoms with E-state index in [9.17, 15) is 0 Å². The first-order valence-electron chi connectivity index (χ1n) is 19.5. The van der Waals surface area contributed by atoms with Crippen LogP contribution in [0.2, 0.25) is 0 Å². The Balaban J connectivity index is 1.06. The number of hydrazine groups is 4. The van der Waals surface area contributed by atoms with E-state index in [1.165, 1.54) is 11.1 Å². The molecular formula is C47H50N8.